The van der Waals surface area contributed by atoms with Gasteiger partial charge in [-0.1, -0.05) is 17.7 Å². The first kappa shape index (κ1) is 14.2. The molecule has 1 aliphatic rings. The Morgan fingerprint density at radius 1 is 1.63 bits per heavy atom. The SMILES string of the molecule is NC(=O)C(NCC1CCCO1)c1ccc(F)c(Cl)c1. The van der Waals surface area contributed by atoms with E-state index in [1.807, 2.05) is 0 Å². The number of halogens is 2. The molecular formula is C13H16ClFN2O2. The zero-order chi connectivity index (χ0) is 13.8. The van der Waals surface area contributed by atoms with Gasteiger partial charge in [-0.2, -0.15) is 0 Å². The van der Waals surface area contributed by atoms with Crippen molar-refractivity contribution in [3.05, 3.63) is 34.6 Å². The van der Waals surface area contributed by atoms with E-state index in [1.165, 1.54) is 18.2 Å². The molecule has 1 fully saturated rings. The van der Waals surface area contributed by atoms with E-state index in [4.69, 9.17) is 22.1 Å². The summed E-state index contributed by atoms with van der Waals surface area (Å²) in [6, 6.07) is 3.44. The number of amides is 1. The number of nitrogens with one attached hydrogen (secondary N) is 1. The van der Waals surface area contributed by atoms with Crippen LogP contribution in [0, 0.1) is 5.82 Å². The molecule has 2 unspecified atom stereocenters. The molecule has 1 aliphatic heterocycles. The van der Waals surface area contributed by atoms with E-state index < -0.39 is 17.8 Å². The van der Waals surface area contributed by atoms with Gasteiger partial charge >= 0.3 is 0 Å². The summed E-state index contributed by atoms with van der Waals surface area (Å²) in [7, 11) is 0. The molecule has 0 aliphatic carbocycles. The van der Waals surface area contributed by atoms with Gasteiger partial charge in [0.2, 0.25) is 5.91 Å². The number of rotatable bonds is 5. The second kappa shape index (κ2) is 6.32. The minimum Gasteiger partial charge on any atom is -0.377 e. The molecule has 1 aromatic carbocycles. The molecule has 19 heavy (non-hydrogen) atoms. The minimum atomic E-state index is -0.692. The number of carbonyl (C=O) groups is 1. The largest absolute Gasteiger partial charge is 0.377 e. The quantitative estimate of drug-likeness (QED) is 0.867. The molecule has 104 valence electrons. The molecule has 1 saturated heterocycles. The molecule has 1 amide bonds. The third-order valence-electron chi connectivity index (χ3n) is 3.14. The number of nitrogens with two attached hydrogens (primary N) is 1. The van der Waals surface area contributed by atoms with Crippen LogP contribution in [0.4, 0.5) is 4.39 Å². The Hall–Kier alpha value is -1.17. The van der Waals surface area contributed by atoms with E-state index in [0.29, 0.717) is 12.1 Å². The number of hydrogen-bond donors (Lipinski definition) is 2. The van der Waals surface area contributed by atoms with Crippen molar-refractivity contribution < 1.29 is 13.9 Å². The van der Waals surface area contributed by atoms with E-state index in [-0.39, 0.29) is 11.1 Å². The van der Waals surface area contributed by atoms with Crippen LogP contribution in [0.25, 0.3) is 0 Å². The lowest BCUT2D eigenvalue weighted by atomic mass is 10.1. The molecule has 4 nitrogen and oxygen atoms in total. The van der Waals surface area contributed by atoms with Crippen LogP contribution in [0.15, 0.2) is 18.2 Å². The van der Waals surface area contributed by atoms with Crippen LogP contribution in [-0.4, -0.2) is 25.2 Å². The molecule has 2 atom stereocenters. The highest BCUT2D eigenvalue weighted by Gasteiger charge is 2.22. The first-order chi connectivity index (χ1) is 9.08. The van der Waals surface area contributed by atoms with Crippen molar-refractivity contribution in [1.82, 2.24) is 5.32 Å². The molecule has 0 saturated carbocycles. The summed E-state index contributed by atoms with van der Waals surface area (Å²) >= 11 is 5.71. The molecule has 1 heterocycles. The number of hydrogen-bond acceptors (Lipinski definition) is 3. The van der Waals surface area contributed by atoms with Crippen molar-refractivity contribution in [2.24, 2.45) is 5.73 Å². The van der Waals surface area contributed by atoms with Crippen LogP contribution in [-0.2, 0) is 9.53 Å². The maximum absolute atomic E-state index is 13.1. The van der Waals surface area contributed by atoms with E-state index >= 15 is 0 Å². The molecule has 6 heteroatoms. The fraction of sp³-hybridized carbons (Fsp3) is 0.462. The van der Waals surface area contributed by atoms with Gasteiger partial charge in [-0.15, -0.1) is 0 Å². The van der Waals surface area contributed by atoms with Gasteiger partial charge in [0.1, 0.15) is 11.9 Å². The molecule has 3 N–H and O–H groups in total. The Morgan fingerprint density at radius 2 is 2.42 bits per heavy atom. The molecule has 2 rings (SSSR count). The molecule has 1 aromatic rings. The monoisotopic (exact) mass is 286 g/mol. The summed E-state index contributed by atoms with van der Waals surface area (Å²) in [5.74, 6) is -1.05. The summed E-state index contributed by atoms with van der Waals surface area (Å²) in [6.07, 6.45) is 2.08. The molecule has 0 spiro atoms. The summed E-state index contributed by atoms with van der Waals surface area (Å²) in [5, 5.41) is 3.02. The predicted molar refractivity (Wildman–Crippen MR) is 70.3 cm³/mol. The van der Waals surface area contributed by atoms with Crippen LogP contribution < -0.4 is 11.1 Å². The van der Waals surface area contributed by atoms with Gasteiger partial charge in [-0.05, 0) is 30.5 Å². The van der Waals surface area contributed by atoms with Gasteiger partial charge < -0.3 is 10.5 Å². The van der Waals surface area contributed by atoms with Crippen LogP contribution >= 0.6 is 11.6 Å². The lowest BCUT2D eigenvalue weighted by molar-refractivity contribution is -0.120. The highest BCUT2D eigenvalue weighted by atomic mass is 35.5. The summed E-state index contributed by atoms with van der Waals surface area (Å²) < 4.78 is 18.6. The van der Waals surface area contributed by atoms with Gasteiger partial charge in [0.25, 0.3) is 0 Å². The summed E-state index contributed by atoms with van der Waals surface area (Å²) in [5.41, 5.74) is 5.92. The zero-order valence-electron chi connectivity index (χ0n) is 10.4. The van der Waals surface area contributed by atoms with Crippen LogP contribution in [0.5, 0.6) is 0 Å². The topological polar surface area (TPSA) is 64.4 Å². The summed E-state index contributed by atoms with van der Waals surface area (Å²) in [6.45, 7) is 1.28. The maximum atomic E-state index is 13.1. The summed E-state index contributed by atoms with van der Waals surface area (Å²) in [4.78, 5) is 11.5. The Kier molecular flexibility index (Phi) is 4.74. The zero-order valence-corrected chi connectivity index (χ0v) is 11.1. The standard InChI is InChI=1S/C13H16ClFN2O2/c14-10-6-8(3-4-11(10)15)12(13(16)18)17-7-9-2-1-5-19-9/h3-4,6,9,12,17H,1-2,5,7H2,(H2,16,18). The Morgan fingerprint density at radius 3 is 3.00 bits per heavy atom. The van der Waals surface area contributed by atoms with Crippen LogP contribution in [0.3, 0.4) is 0 Å². The van der Waals surface area contributed by atoms with Gasteiger partial charge in [0.05, 0.1) is 11.1 Å². The smallest absolute Gasteiger partial charge is 0.239 e. The van der Waals surface area contributed by atoms with Crippen molar-refractivity contribution in [2.75, 3.05) is 13.2 Å². The Balaban J connectivity index is 2.05. The highest BCUT2D eigenvalue weighted by molar-refractivity contribution is 6.30. The lowest BCUT2D eigenvalue weighted by Gasteiger charge is -2.18. The van der Waals surface area contributed by atoms with Gasteiger partial charge in [-0.3, -0.25) is 10.1 Å². The first-order valence-corrected chi connectivity index (χ1v) is 6.55. The van der Waals surface area contributed by atoms with Crippen molar-refractivity contribution in [2.45, 2.75) is 25.0 Å². The number of ether oxygens (including phenoxy) is 1. The van der Waals surface area contributed by atoms with Crippen molar-refractivity contribution >= 4 is 17.5 Å². The third kappa shape index (κ3) is 3.65. The van der Waals surface area contributed by atoms with Crippen molar-refractivity contribution in [3.63, 3.8) is 0 Å². The first-order valence-electron chi connectivity index (χ1n) is 6.17. The minimum absolute atomic E-state index is 0.0253. The highest BCUT2D eigenvalue weighted by Crippen LogP contribution is 2.21. The second-order valence-electron chi connectivity index (χ2n) is 4.55. The average Bonchev–Trinajstić information content (AvgIpc) is 2.86. The van der Waals surface area contributed by atoms with Crippen molar-refractivity contribution in [3.8, 4) is 0 Å². The van der Waals surface area contributed by atoms with Gasteiger partial charge in [0, 0.05) is 13.2 Å². The fourth-order valence-corrected chi connectivity index (χ4v) is 2.32. The Bertz CT molecular complexity index is 464. The van der Waals surface area contributed by atoms with Crippen LogP contribution in [0.2, 0.25) is 5.02 Å². The number of primary amides is 1. The van der Waals surface area contributed by atoms with Crippen molar-refractivity contribution in [1.29, 1.82) is 0 Å². The van der Waals surface area contributed by atoms with Crippen LogP contribution in [0.1, 0.15) is 24.4 Å². The maximum Gasteiger partial charge on any atom is 0.239 e. The molecular weight excluding hydrogens is 271 g/mol. The van der Waals surface area contributed by atoms with E-state index in [0.717, 1.165) is 19.4 Å². The van der Waals surface area contributed by atoms with E-state index in [1.54, 1.807) is 0 Å². The average molecular weight is 287 g/mol. The second-order valence-corrected chi connectivity index (χ2v) is 4.96. The number of benzene rings is 1. The molecule has 0 bridgehead atoms. The predicted octanol–water partition coefficient (Wildman–Crippen LogP) is 1.77. The Labute approximate surface area is 116 Å². The van der Waals surface area contributed by atoms with Gasteiger partial charge in [0.15, 0.2) is 0 Å². The van der Waals surface area contributed by atoms with Gasteiger partial charge in [-0.25, -0.2) is 4.39 Å². The number of carbonyl (C=O) groups excluding carboxylic acids is 1. The normalized spacial score (nSPS) is 20.4. The van der Waals surface area contributed by atoms with E-state index in [9.17, 15) is 9.18 Å². The lowest BCUT2D eigenvalue weighted by Crippen LogP contribution is -2.37. The third-order valence-corrected chi connectivity index (χ3v) is 3.42. The van der Waals surface area contributed by atoms with E-state index in [2.05, 4.69) is 5.32 Å². The molecule has 0 radical (unpaired) electrons. The fourth-order valence-electron chi connectivity index (χ4n) is 2.13. The molecule has 0 aromatic heterocycles.